The van der Waals surface area contributed by atoms with Crippen molar-refractivity contribution < 1.29 is 4.79 Å². The molecule has 0 saturated carbocycles. The Morgan fingerprint density at radius 2 is 1.00 bits per heavy atom. The predicted molar refractivity (Wildman–Crippen MR) is 195 cm³/mol. The number of likely N-dealkylation sites (N-methyl/N-ethyl adjacent to an activating group) is 1. The van der Waals surface area contributed by atoms with Crippen LogP contribution < -0.4 is 5.32 Å². The van der Waals surface area contributed by atoms with Crippen LogP contribution in [0.25, 0.3) is 0 Å². The molecule has 8 heteroatoms. The van der Waals surface area contributed by atoms with Gasteiger partial charge in [-0.25, -0.2) is 0 Å². The molecule has 0 bridgehead atoms. The summed E-state index contributed by atoms with van der Waals surface area (Å²) in [5.41, 5.74) is 0. The van der Waals surface area contributed by atoms with E-state index in [9.17, 15) is 4.79 Å². The maximum atomic E-state index is 12.1. The SMILES string of the molecule is CCCCCCCCCCCCSC1=C(SCCCCCCCCCCCC)SC(=C2SC=C(C(=O)NC)S2)S1. The molecule has 0 radical (unpaired) electrons. The van der Waals surface area contributed by atoms with Gasteiger partial charge in [0.1, 0.15) is 0 Å². The number of thioether (sulfide) groups is 6. The molecule has 2 aliphatic rings. The van der Waals surface area contributed by atoms with Crippen molar-refractivity contribution in [3.63, 3.8) is 0 Å². The van der Waals surface area contributed by atoms with Crippen LogP contribution in [-0.2, 0) is 4.79 Å². The highest BCUT2D eigenvalue weighted by Crippen LogP contribution is 2.62. The number of rotatable bonds is 25. The molecule has 0 aromatic rings. The molecule has 2 rings (SSSR count). The molecule has 0 aromatic carbocycles. The van der Waals surface area contributed by atoms with E-state index in [4.69, 9.17) is 0 Å². The second-order valence-corrected chi connectivity index (χ2v) is 17.9. The molecule has 0 atom stereocenters. The zero-order chi connectivity index (χ0) is 28.7. The largest absolute Gasteiger partial charge is 0.355 e. The molecular weight excluding hydrogens is 607 g/mol. The van der Waals surface area contributed by atoms with Crippen molar-refractivity contribution in [1.29, 1.82) is 0 Å². The number of hydrogen-bond donors (Lipinski definition) is 1. The summed E-state index contributed by atoms with van der Waals surface area (Å²) in [6.45, 7) is 4.59. The van der Waals surface area contributed by atoms with Crippen LogP contribution in [0.1, 0.15) is 142 Å². The van der Waals surface area contributed by atoms with Gasteiger partial charge in [0, 0.05) is 7.05 Å². The topological polar surface area (TPSA) is 29.1 Å². The highest BCUT2D eigenvalue weighted by atomic mass is 32.3. The van der Waals surface area contributed by atoms with Gasteiger partial charge in [0.25, 0.3) is 5.91 Å². The first-order valence-electron chi connectivity index (χ1n) is 16.1. The minimum atomic E-state index is 0.0279. The number of unbranched alkanes of at least 4 members (excludes halogenated alkanes) is 18. The standard InChI is InChI=1S/C32H55NOS6/c1-4-6-8-10-12-14-16-18-20-22-24-35-29-30(36-25-23-21-19-17-15-13-11-9-7-5-2)40-32(39-29)31-37-26-27(38-31)28(34)33-3/h26H,4-25H2,1-3H3,(H,33,34). The van der Waals surface area contributed by atoms with E-state index in [0.29, 0.717) is 0 Å². The lowest BCUT2D eigenvalue weighted by molar-refractivity contribution is -0.116. The second-order valence-electron chi connectivity index (χ2n) is 10.7. The fraction of sp³-hybridized carbons (Fsp3) is 0.781. The lowest BCUT2D eigenvalue weighted by Crippen LogP contribution is -2.17. The fourth-order valence-corrected chi connectivity index (χ4v) is 13.1. The van der Waals surface area contributed by atoms with Gasteiger partial charge in [0.2, 0.25) is 0 Å². The highest BCUT2D eigenvalue weighted by molar-refractivity contribution is 8.42. The van der Waals surface area contributed by atoms with Crippen molar-refractivity contribution in [2.45, 2.75) is 142 Å². The molecule has 0 saturated heterocycles. The maximum Gasteiger partial charge on any atom is 0.258 e. The van der Waals surface area contributed by atoms with Crippen LogP contribution in [-0.4, -0.2) is 24.5 Å². The third kappa shape index (κ3) is 16.6. The highest BCUT2D eigenvalue weighted by Gasteiger charge is 2.28. The van der Waals surface area contributed by atoms with E-state index in [1.165, 1.54) is 157 Å². The van der Waals surface area contributed by atoms with E-state index in [0.717, 1.165) is 4.91 Å². The maximum absolute atomic E-state index is 12.1. The molecule has 0 aliphatic carbocycles. The summed E-state index contributed by atoms with van der Waals surface area (Å²) >= 11 is 11.4. The summed E-state index contributed by atoms with van der Waals surface area (Å²) in [5.74, 6) is 2.48. The van der Waals surface area contributed by atoms with E-state index in [2.05, 4.69) is 42.7 Å². The van der Waals surface area contributed by atoms with E-state index >= 15 is 0 Å². The Balaban J connectivity index is 1.69. The average Bonchev–Trinajstić information content (AvgIpc) is 3.62. The average molecular weight is 662 g/mol. The first-order chi connectivity index (χ1) is 19.7. The van der Waals surface area contributed by atoms with E-state index in [-0.39, 0.29) is 5.91 Å². The monoisotopic (exact) mass is 661 g/mol. The van der Waals surface area contributed by atoms with Gasteiger partial charge in [-0.1, -0.05) is 176 Å². The van der Waals surface area contributed by atoms with Crippen LogP contribution in [0.3, 0.4) is 0 Å². The van der Waals surface area contributed by atoms with Crippen LogP contribution in [0.2, 0.25) is 0 Å². The van der Waals surface area contributed by atoms with Gasteiger partial charge in [-0.2, -0.15) is 0 Å². The predicted octanol–water partition coefficient (Wildman–Crippen LogP) is 13.1. The van der Waals surface area contributed by atoms with Crippen molar-refractivity contribution in [1.82, 2.24) is 5.32 Å². The lowest BCUT2D eigenvalue weighted by Gasteiger charge is -2.06. The number of carbonyl (C=O) groups excluding carboxylic acids is 1. The molecule has 0 fully saturated rings. The van der Waals surface area contributed by atoms with Gasteiger partial charge in [-0.3, -0.25) is 4.79 Å². The molecule has 2 aliphatic heterocycles. The molecule has 2 heterocycles. The molecule has 1 N–H and O–H groups in total. The first-order valence-corrected chi connectivity index (χ1v) is 21.4. The molecular formula is C32H55NOS6. The lowest BCUT2D eigenvalue weighted by atomic mass is 10.1. The fourth-order valence-electron chi connectivity index (χ4n) is 4.61. The Hall–Kier alpha value is 0.790. The number of nitrogens with one attached hydrogen (secondary N) is 1. The minimum Gasteiger partial charge on any atom is -0.355 e. The van der Waals surface area contributed by atoms with Gasteiger partial charge in [0.15, 0.2) is 0 Å². The third-order valence-corrected chi connectivity index (χ3v) is 15.7. The van der Waals surface area contributed by atoms with Crippen LogP contribution in [0.4, 0.5) is 0 Å². The zero-order valence-corrected chi connectivity index (χ0v) is 30.4. The van der Waals surface area contributed by atoms with Crippen molar-refractivity contribution in [3.8, 4) is 0 Å². The number of amides is 1. The molecule has 0 aromatic heterocycles. The van der Waals surface area contributed by atoms with Crippen molar-refractivity contribution in [3.05, 3.63) is 27.3 Å². The Bertz CT molecular complexity index is 754. The Morgan fingerprint density at radius 1 is 0.600 bits per heavy atom. The molecule has 2 nitrogen and oxygen atoms in total. The summed E-state index contributed by atoms with van der Waals surface area (Å²) in [6.07, 6.45) is 27.9. The zero-order valence-electron chi connectivity index (χ0n) is 25.5. The van der Waals surface area contributed by atoms with E-state index in [1.54, 1.807) is 30.6 Å². The number of hydrogen-bond acceptors (Lipinski definition) is 7. The summed E-state index contributed by atoms with van der Waals surface area (Å²) in [5, 5.41) is 4.78. The molecule has 0 unspecified atom stereocenters. The van der Waals surface area contributed by atoms with Crippen LogP contribution in [0.15, 0.2) is 27.3 Å². The molecule has 0 spiro atoms. The summed E-state index contributed by atoms with van der Waals surface area (Å²) in [4.78, 5) is 12.9. The van der Waals surface area contributed by atoms with Crippen molar-refractivity contribution in [2.75, 3.05) is 18.6 Å². The van der Waals surface area contributed by atoms with Gasteiger partial charge in [-0.15, -0.1) is 23.5 Å². The summed E-state index contributed by atoms with van der Waals surface area (Å²) < 4.78 is 5.67. The second kappa shape index (κ2) is 25.2. The van der Waals surface area contributed by atoms with Gasteiger partial charge >= 0.3 is 0 Å². The van der Waals surface area contributed by atoms with Gasteiger partial charge < -0.3 is 5.32 Å². The third-order valence-electron chi connectivity index (χ3n) is 7.09. The van der Waals surface area contributed by atoms with Crippen molar-refractivity contribution >= 4 is 76.5 Å². The van der Waals surface area contributed by atoms with Gasteiger partial charge in [0.05, 0.1) is 21.9 Å². The molecule has 40 heavy (non-hydrogen) atoms. The normalized spacial score (nSPS) is 15.4. The number of carbonyl (C=O) groups is 1. The van der Waals surface area contributed by atoms with Crippen LogP contribution >= 0.6 is 70.6 Å². The first kappa shape index (κ1) is 37.0. The molecule has 230 valence electrons. The summed E-state index contributed by atoms with van der Waals surface area (Å²) in [7, 11) is 1.71. The van der Waals surface area contributed by atoms with E-state index < -0.39 is 0 Å². The van der Waals surface area contributed by atoms with Crippen molar-refractivity contribution in [2.24, 2.45) is 0 Å². The summed E-state index contributed by atoms with van der Waals surface area (Å²) in [6, 6.07) is 0. The Labute approximate surface area is 272 Å². The quantitative estimate of drug-likeness (QED) is 0.0974. The van der Waals surface area contributed by atoms with Crippen LogP contribution in [0.5, 0.6) is 0 Å². The minimum absolute atomic E-state index is 0.0279. The smallest absolute Gasteiger partial charge is 0.258 e. The molecule has 1 amide bonds. The Kier molecular flexibility index (Phi) is 23.3. The van der Waals surface area contributed by atoms with Crippen LogP contribution in [0, 0.1) is 0 Å². The van der Waals surface area contributed by atoms with E-state index in [1.807, 2.05) is 28.9 Å². The van der Waals surface area contributed by atoms with Gasteiger partial charge in [-0.05, 0) is 29.8 Å². The Morgan fingerprint density at radius 3 is 1.40 bits per heavy atom.